The minimum absolute atomic E-state index is 0.222. The fourth-order valence-electron chi connectivity index (χ4n) is 3.81. The van der Waals surface area contributed by atoms with Crippen molar-refractivity contribution in [1.82, 2.24) is 15.1 Å². The van der Waals surface area contributed by atoms with Crippen molar-refractivity contribution in [1.29, 1.82) is 0 Å². The maximum absolute atomic E-state index is 11.8. The molecule has 1 amide bonds. The molecule has 0 aromatic heterocycles. The van der Waals surface area contributed by atoms with Gasteiger partial charge in [0.15, 0.2) is 0 Å². The summed E-state index contributed by atoms with van der Waals surface area (Å²) < 4.78 is 0. The number of hydrogen-bond acceptors (Lipinski definition) is 3. The average molecular weight is 295 g/mol. The van der Waals surface area contributed by atoms with Gasteiger partial charge in [0, 0.05) is 39.3 Å². The Morgan fingerprint density at radius 3 is 2.43 bits per heavy atom. The van der Waals surface area contributed by atoms with E-state index in [1.165, 1.54) is 44.9 Å². The summed E-state index contributed by atoms with van der Waals surface area (Å²) in [7, 11) is 3.68. The predicted octanol–water partition coefficient (Wildman–Crippen LogP) is 2.10. The van der Waals surface area contributed by atoms with Gasteiger partial charge in [0.1, 0.15) is 0 Å². The molecule has 4 heteroatoms. The van der Waals surface area contributed by atoms with Crippen LogP contribution in [0.25, 0.3) is 0 Å². The summed E-state index contributed by atoms with van der Waals surface area (Å²) in [5.74, 6) is 1.10. The normalized spacial score (nSPS) is 28.5. The van der Waals surface area contributed by atoms with Crippen molar-refractivity contribution in [2.45, 2.75) is 64.0 Å². The van der Waals surface area contributed by atoms with E-state index in [1.807, 2.05) is 14.1 Å². The zero-order chi connectivity index (χ0) is 15.2. The molecule has 2 atom stereocenters. The summed E-state index contributed by atoms with van der Waals surface area (Å²) in [5.41, 5.74) is 0. The molecule has 4 nitrogen and oxygen atoms in total. The Kier molecular flexibility index (Phi) is 6.49. The molecule has 122 valence electrons. The Balaban J connectivity index is 1.72. The number of carbonyl (C=O) groups is 1. The number of carbonyl (C=O) groups excluding carboxylic acids is 1. The molecule has 1 aliphatic carbocycles. The van der Waals surface area contributed by atoms with Crippen LogP contribution in [-0.4, -0.2) is 61.5 Å². The summed E-state index contributed by atoms with van der Waals surface area (Å²) in [4.78, 5) is 15.8. The molecule has 2 fully saturated rings. The third-order valence-electron chi connectivity index (χ3n) is 5.33. The second-order valence-corrected chi connectivity index (χ2v) is 7.06. The minimum Gasteiger partial charge on any atom is -0.348 e. The smallest absolute Gasteiger partial charge is 0.236 e. The van der Waals surface area contributed by atoms with Crippen LogP contribution in [-0.2, 0) is 4.79 Å². The summed E-state index contributed by atoms with van der Waals surface area (Å²) in [6.07, 6.45) is 9.27. The van der Waals surface area contributed by atoms with Crippen molar-refractivity contribution in [3.8, 4) is 0 Å². The summed E-state index contributed by atoms with van der Waals surface area (Å²) in [6.45, 7) is 5.03. The Morgan fingerprint density at radius 1 is 1.14 bits per heavy atom. The van der Waals surface area contributed by atoms with E-state index >= 15 is 0 Å². The molecular formula is C17H33N3O. The van der Waals surface area contributed by atoms with Crippen LogP contribution in [0.3, 0.4) is 0 Å². The van der Waals surface area contributed by atoms with Crippen LogP contribution in [0.4, 0.5) is 0 Å². The van der Waals surface area contributed by atoms with Crippen LogP contribution >= 0.6 is 0 Å². The van der Waals surface area contributed by atoms with Crippen molar-refractivity contribution < 1.29 is 4.79 Å². The number of nitrogens with one attached hydrogen (secondary N) is 1. The molecule has 0 aromatic carbocycles. The molecule has 0 bridgehead atoms. The van der Waals surface area contributed by atoms with Crippen molar-refractivity contribution in [2.24, 2.45) is 5.92 Å². The lowest BCUT2D eigenvalue weighted by atomic mass is 9.82. The van der Waals surface area contributed by atoms with Crippen LogP contribution in [0, 0.1) is 5.92 Å². The molecule has 0 aromatic rings. The number of hydrogen-bond donors (Lipinski definition) is 1. The van der Waals surface area contributed by atoms with E-state index in [9.17, 15) is 4.79 Å². The van der Waals surface area contributed by atoms with E-state index in [2.05, 4.69) is 17.1 Å². The third kappa shape index (κ3) is 4.96. The van der Waals surface area contributed by atoms with Gasteiger partial charge in [-0.2, -0.15) is 0 Å². The quantitative estimate of drug-likeness (QED) is 0.844. The number of nitrogens with zero attached hydrogens (tertiary/aromatic N) is 2. The van der Waals surface area contributed by atoms with E-state index in [0.29, 0.717) is 12.6 Å². The Labute approximate surface area is 130 Å². The van der Waals surface area contributed by atoms with E-state index < -0.39 is 0 Å². The predicted molar refractivity (Wildman–Crippen MR) is 87.3 cm³/mol. The lowest BCUT2D eigenvalue weighted by Crippen LogP contribution is -2.50. The highest BCUT2D eigenvalue weighted by Gasteiger charge is 2.28. The molecule has 1 heterocycles. The SMILES string of the molecule is CCC1CCCCC1NC1CCN(CC(=O)N(C)C)CC1. The first kappa shape index (κ1) is 16.8. The lowest BCUT2D eigenvalue weighted by molar-refractivity contribution is -0.130. The number of piperidine rings is 1. The topological polar surface area (TPSA) is 35.6 Å². The monoisotopic (exact) mass is 295 g/mol. The Bertz CT molecular complexity index is 324. The Hall–Kier alpha value is -0.610. The minimum atomic E-state index is 0.222. The highest BCUT2D eigenvalue weighted by atomic mass is 16.2. The number of likely N-dealkylation sites (N-methyl/N-ethyl adjacent to an activating group) is 1. The molecule has 0 radical (unpaired) electrons. The highest BCUT2D eigenvalue weighted by molar-refractivity contribution is 5.77. The molecule has 2 unspecified atom stereocenters. The van der Waals surface area contributed by atoms with Gasteiger partial charge in [-0.1, -0.05) is 26.2 Å². The second kappa shape index (κ2) is 8.14. The fourth-order valence-corrected chi connectivity index (χ4v) is 3.81. The highest BCUT2D eigenvalue weighted by Crippen LogP contribution is 2.28. The molecule has 21 heavy (non-hydrogen) atoms. The van der Waals surface area contributed by atoms with Gasteiger partial charge in [-0.3, -0.25) is 9.69 Å². The van der Waals surface area contributed by atoms with Crippen LogP contribution in [0.1, 0.15) is 51.9 Å². The molecule has 1 aliphatic heterocycles. The van der Waals surface area contributed by atoms with Crippen molar-refractivity contribution in [2.75, 3.05) is 33.7 Å². The fraction of sp³-hybridized carbons (Fsp3) is 0.941. The number of likely N-dealkylation sites (tertiary alicyclic amines) is 1. The van der Waals surface area contributed by atoms with Crippen LogP contribution < -0.4 is 5.32 Å². The zero-order valence-corrected chi connectivity index (χ0v) is 14.1. The van der Waals surface area contributed by atoms with E-state index in [0.717, 1.165) is 25.0 Å². The van der Waals surface area contributed by atoms with E-state index in [4.69, 9.17) is 0 Å². The van der Waals surface area contributed by atoms with E-state index in [-0.39, 0.29) is 5.91 Å². The van der Waals surface area contributed by atoms with Crippen LogP contribution in [0.15, 0.2) is 0 Å². The van der Waals surface area contributed by atoms with Gasteiger partial charge in [0.05, 0.1) is 6.54 Å². The van der Waals surface area contributed by atoms with Gasteiger partial charge < -0.3 is 10.2 Å². The van der Waals surface area contributed by atoms with Crippen molar-refractivity contribution in [3.63, 3.8) is 0 Å². The molecule has 1 saturated heterocycles. The number of amides is 1. The molecule has 1 N–H and O–H groups in total. The summed E-state index contributed by atoms with van der Waals surface area (Å²) >= 11 is 0. The average Bonchev–Trinajstić information content (AvgIpc) is 2.49. The van der Waals surface area contributed by atoms with Gasteiger partial charge >= 0.3 is 0 Å². The molecule has 1 saturated carbocycles. The van der Waals surface area contributed by atoms with E-state index in [1.54, 1.807) is 4.90 Å². The first-order chi connectivity index (χ1) is 10.1. The number of rotatable bonds is 5. The molecule has 0 spiro atoms. The van der Waals surface area contributed by atoms with Crippen LogP contribution in [0.2, 0.25) is 0 Å². The van der Waals surface area contributed by atoms with Crippen LogP contribution in [0.5, 0.6) is 0 Å². The summed E-state index contributed by atoms with van der Waals surface area (Å²) in [5, 5.41) is 3.93. The van der Waals surface area contributed by atoms with Gasteiger partial charge in [-0.25, -0.2) is 0 Å². The van der Waals surface area contributed by atoms with Crippen molar-refractivity contribution in [3.05, 3.63) is 0 Å². The first-order valence-corrected chi connectivity index (χ1v) is 8.78. The summed E-state index contributed by atoms with van der Waals surface area (Å²) in [6, 6.07) is 1.40. The van der Waals surface area contributed by atoms with Gasteiger partial charge in [0.25, 0.3) is 0 Å². The lowest BCUT2D eigenvalue weighted by Gasteiger charge is -2.38. The molecule has 2 rings (SSSR count). The van der Waals surface area contributed by atoms with Gasteiger partial charge in [-0.05, 0) is 31.6 Å². The second-order valence-electron chi connectivity index (χ2n) is 7.06. The molecule has 2 aliphatic rings. The maximum Gasteiger partial charge on any atom is 0.236 e. The largest absolute Gasteiger partial charge is 0.348 e. The zero-order valence-electron chi connectivity index (χ0n) is 14.1. The Morgan fingerprint density at radius 2 is 1.81 bits per heavy atom. The standard InChI is InChI=1S/C17H33N3O/c1-4-14-7-5-6-8-16(14)18-15-9-11-20(12-10-15)13-17(21)19(2)3/h14-16,18H,4-13H2,1-3H3. The van der Waals surface area contributed by atoms with Crippen molar-refractivity contribution >= 4 is 5.91 Å². The van der Waals surface area contributed by atoms with Gasteiger partial charge in [-0.15, -0.1) is 0 Å². The maximum atomic E-state index is 11.8. The third-order valence-corrected chi connectivity index (χ3v) is 5.33. The first-order valence-electron chi connectivity index (χ1n) is 8.78. The molecular weight excluding hydrogens is 262 g/mol. The van der Waals surface area contributed by atoms with Gasteiger partial charge in [0.2, 0.25) is 5.91 Å².